The topological polar surface area (TPSA) is 71.4 Å². The van der Waals surface area contributed by atoms with Crippen molar-refractivity contribution in [1.29, 1.82) is 0 Å². The summed E-state index contributed by atoms with van der Waals surface area (Å²) in [6.07, 6.45) is 3.71. The van der Waals surface area contributed by atoms with E-state index in [1.54, 1.807) is 12.1 Å². The van der Waals surface area contributed by atoms with Crippen molar-refractivity contribution in [3.8, 4) is 0 Å². The Hall–Kier alpha value is -3.32. The molecule has 1 aliphatic rings. The second-order valence-electron chi connectivity index (χ2n) is 7.02. The number of fused-ring (bicyclic) bond motifs is 1. The fourth-order valence-electron chi connectivity index (χ4n) is 3.48. The number of rotatable bonds is 5. The number of aromatic nitrogens is 1. The molecule has 3 aromatic rings. The maximum atomic E-state index is 12.8. The van der Waals surface area contributed by atoms with Crippen LogP contribution in [0.15, 0.2) is 59.6 Å². The van der Waals surface area contributed by atoms with E-state index in [1.165, 1.54) is 0 Å². The van der Waals surface area contributed by atoms with Crippen LogP contribution in [0, 0.1) is 6.92 Å². The highest BCUT2D eigenvalue weighted by molar-refractivity contribution is 8.18. The van der Waals surface area contributed by atoms with Crippen molar-refractivity contribution >= 4 is 51.5 Å². The summed E-state index contributed by atoms with van der Waals surface area (Å²) in [4.78, 5) is 38.9. The van der Waals surface area contributed by atoms with E-state index in [0.717, 1.165) is 45.2 Å². The average molecular weight is 420 g/mol. The van der Waals surface area contributed by atoms with Gasteiger partial charge in [-0.3, -0.25) is 19.3 Å². The Balaban J connectivity index is 1.54. The number of carbonyl (C=O) groups excluding carboxylic acids is 3. The highest BCUT2D eigenvalue weighted by atomic mass is 32.2. The van der Waals surface area contributed by atoms with E-state index in [-0.39, 0.29) is 6.54 Å². The average Bonchev–Trinajstić information content (AvgIpc) is 3.22. The molecule has 1 saturated heterocycles. The van der Waals surface area contributed by atoms with Gasteiger partial charge in [0.25, 0.3) is 11.1 Å². The molecule has 2 heterocycles. The van der Waals surface area contributed by atoms with Gasteiger partial charge in [0.05, 0.1) is 4.91 Å². The normalized spacial score (nSPS) is 15.4. The minimum absolute atomic E-state index is 0.312. The van der Waals surface area contributed by atoms with Crippen LogP contribution in [0.25, 0.3) is 17.0 Å². The van der Waals surface area contributed by atoms with Crippen molar-refractivity contribution < 1.29 is 14.4 Å². The lowest BCUT2D eigenvalue weighted by Gasteiger charge is -2.13. The molecule has 0 bridgehead atoms. The molecular weight excluding hydrogens is 398 g/mol. The fraction of sp³-hybridized carbons (Fsp3) is 0.174. The molecule has 1 N–H and O–H groups in total. The van der Waals surface area contributed by atoms with Crippen LogP contribution in [0.1, 0.15) is 18.1 Å². The Morgan fingerprint density at radius 1 is 1.10 bits per heavy atom. The van der Waals surface area contributed by atoms with Crippen molar-refractivity contribution in [2.75, 3.05) is 11.9 Å². The van der Waals surface area contributed by atoms with Gasteiger partial charge in [0.2, 0.25) is 5.91 Å². The molecule has 30 heavy (non-hydrogen) atoms. The molecule has 1 fully saturated rings. The predicted octanol–water partition coefficient (Wildman–Crippen LogP) is 4.64. The van der Waals surface area contributed by atoms with Crippen molar-refractivity contribution in [2.45, 2.75) is 20.4 Å². The van der Waals surface area contributed by atoms with Gasteiger partial charge >= 0.3 is 0 Å². The quantitative estimate of drug-likeness (QED) is 0.612. The number of hydrogen-bond donors (Lipinski definition) is 1. The van der Waals surface area contributed by atoms with E-state index >= 15 is 0 Å². The maximum Gasteiger partial charge on any atom is 0.294 e. The number of nitrogens with zero attached hydrogens (tertiary/aromatic N) is 2. The van der Waals surface area contributed by atoms with Crippen LogP contribution in [0.4, 0.5) is 10.5 Å². The zero-order valence-electron chi connectivity index (χ0n) is 16.7. The van der Waals surface area contributed by atoms with Gasteiger partial charge in [0.15, 0.2) is 0 Å². The third-order valence-electron chi connectivity index (χ3n) is 5.04. The molecule has 152 valence electrons. The van der Waals surface area contributed by atoms with Crippen LogP contribution >= 0.6 is 11.8 Å². The first-order chi connectivity index (χ1) is 14.5. The molecule has 1 aliphatic heterocycles. The number of para-hydroxylation sites is 2. The number of carbonyl (C=O) groups is 3. The van der Waals surface area contributed by atoms with Crippen LogP contribution in [-0.4, -0.2) is 33.1 Å². The zero-order chi connectivity index (χ0) is 21.3. The van der Waals surface area contributed by atoms with Crippen LogP contribution in [0.3, 0.4) is 0 Å². The predicted molar refractivity (Wildman–Crippen MR) is 120 cm³/mol. The van der Waals surface area contributed by atoms with E-state index < -0.39 is 17.1 Å². The number of imide groups is 1. The Morgan fingerprint density at radius 2 is 1.83 bits per heavy atom. The van der Waals surface area contributed by atoms with Gasteiger partial charge in [0.1, 0.15) is 6.54 Å². The van der Waals surface area contributed by atoms with E-state index in [2.05, 4.69) is 16.8 Å². The number of nitrogens with one attached hydrogen (secondary N) is 1. The third-order valence-corrected chi connectivity index (χ3v) is 5.95. The van der Waals surface area contributed by atoms with Gasteiger partial charge in [-0.2, -0.15) is 0 Å². The third kappa shape index (κ3) is 3.76. The summed E-state index contributed by atoms with van der Waals surface area (Å²) in [5.74, 6) is -0.853. The van der Waals surface area contributed by atoms with Gasteiger partial charge in [-0.15, -0.1) is 0 Å². The smallest absolute Gasteiger partial charge is 0.294 e. The maximum absolute atomic E-state index is 12.8. The highest BCUT2D eigenvalue weighted by Crippen LogP contribution is 2.34. The van der Waals surface area contributed by atoms with E-state index in [4.69, 9.17) is 0 Å². The van der Waals surface area contributed by atoms with Crippen LogP contribution in [0.5, 0.6) is 0 Å². The van der Waals surface area contributed by atoms with Crippen LogP contribution < -0.4 is 5.32 Å². The number of thioether (sulfide) groups is 1. The SMILES string of the molecule is CCn1cc(C=C2SC(=O)N(CC(=O)Nc3ccccc3C)C2=O)c2ccccc21. The van der Waals surface area contributed by atoms with E-state index in [0.29, 0.717) is 10.6 Å². The molecule has 0 atom stereocenters. The lowest BCUT2D eigenvalue weighted by Crippen LogP contribution is -2.36. The molecule has 1 aromatic heterocycles. The molecule has 6 nitrogen and oxygen atoms in total. The molecule has 0 saturated carbocycles. The van der Waals surface area contributed by atoms with Crippen LogP contribution in [0.2, 0.25) is 0 Å². The molecule has 2 aromatic carbocycles. The van der Waals surface area contributed by atoms with Gasteiger partial charge in [-0.1, -0.05) is 36.4 Å². The molecular formula is C23H21N3O3S. The minimum Gasteiger partial charge on any atom is -0.347 e. The molecule has 3 amide bonds. The second kappa shape index (κ2) is 8.20. The summed E-state index contributed by atoms with van der Waals surface area (Å²) in [5, 5.41) is 3.34. The number of hydrogen-bond acceptors (Lipinski definition) is 4. The van der Waals surface area contributed by atoms with Crippen molar-refractivity contribution in [3.05, 3.63) is 70.8 Å². The Kier molecular flexibility index (Phi) is 5.46. The summed E-state index contributed by atoms with van der Waals surface area (Å²) >= 11 is 0.863. The first-order valence-electron chi connectivity index (χ1n) is 9.66. The minimum atomic E-state index is -0.446. The summed E-state index contributed by atoms with van der Waals surface area (Å²) in [6, 6.07) is 15.3. The standard InChI is InChI=1S/C23H21N3O3S/c1-3-25-13-16(17-9-5-7-11-19(17)25)12-20-22(28)26(23(29)30-20)14-21(27)24-18-10-6-4-8-15(18)2/h4-13H,3,14H2,1-2H3,(H,24,27). The number of amides is 3. The summed E-state index contributed by atoms with van der Waals surface area (Å²) in [5.41, 5.74) is 3.52. The molecule has 4 rings (SSSR count). The molecule has 0 unspecified atom stereocenters. The second-order valence-corrected chi connectivity index (χ2v) is 8.01. The molecule has 0 aliphatic carbocycles. The number of benzene rings is 2. The molecule has 0 radical (unpaired) electrons. The van der Waals surface area contributed by atoms with Gasteiger partial charge in [-0.25, -0.2) is 0 Å². The van der Waals surface area contributed by atoms with Crippen molar-refractivity contribution in [2.24, 2.45) is 0 Å². The number of anilines is 1. The van der Waals surface area contributed by atoms with Crippen LogP contribution in [-0.2, 0) is 16.1 Å². The monoisotopic (exact) mass is 419 g/mol. The van der Waals surface area contributed by atoms with Crippen molar-refractivity contribution in [1.82, 2.24) is 9.47 Å². The summed E-state index contributed by atoms with van der Waals surface area (Å²) < 4.78 is 2.10. The summed E-state index contributed by atoms with van der Waals surface area (Å²) in [7, 11) is 0. The van der Waals surface area contributed by atoms with Gasteiger partial charge in [-0.05, 0) is 49.4 Å². The van der Waals surface area contributed by atoms with Crippen molar-refractivity contribution in [3.63, 3.8) is 0 Å². The highest BCUT2D eigenvalue weighted by Gasteiger charge is 2.36. The largest absolute Gasteiger partial charge is 0.347 e. The molecule has 0 spiro atoms. The van der Waals surface area contributed by atoms with Gasteiger partial charge in [0, 0.05) is 34.9 Å². The number of aryl methyl sites for hydroxylation is 2. The lowest BCUT2D eigenvalue weighted by molar-refractivity contribution is -0.127. The fourth-order valence-corrected chi connectivity index (χ4v) is 4.31. The zero-order valence-corrected chi connectivity index (χ0v) is 17.5. The first kappa shape index (κ1) is 20.0. The van der Waals surface area contributed by atoms with Gasteiger partial charge < -0.3 is 9.88 Å². The Morgan fingerprint density at radius 3 is 2.60 bits per heavy atom. The lowest BCUT2D eigenvalue weighted by atomic mass is 10.1. The van der Waals surface area contributed by atoms with E-state index in [1.807, 2.05) is 55.6 Å². The molecule has 7 heteroatoms. The first-order valence-corrected chi connectivity index (χ1v) is 10.5. The Labute approximate surface area is 178 Å². The van der Waals surface area contributed by atoms with E-state index in [9.17, 15) is 14.4 Å². The summed E-state index contributed by atoms with van der Waals surface area (Å²) in [6.45, 7) is 4.42. The Bertz CT molecular complexity index is 1200.